The molecule has 1 aliphatic heterocycles. The minimum absolute atomic E-state index is 0.783. The Balaban J connectivity index is 1.91. The van der Waals surface area contributed by atoms with Gasteiger partial charge in [-0.1, -0.05) is 20.3 Å². The lowest BCUT2D eigenvalue weighted by Crippen LogP contribution is -2.46. The minimum atomic E-state index is 0.783. The molecule has 4 atom stereocenters. The lowest BCUT2D eigenvalue weighted by atomic mass is 9.76. The highest BCUT2D eigenvalue weighted by molar-refractivity contribution is 4.88. The first-order valence-corrected chi connectivity index (χ1v) is 8.22. The lowest BCUT2D eigenvalue weighted by Gasteiger charge is -2.39. The van der Waals surface area contributed by atoms with E-state index in [2.05, 4.69) is 31.0 Å². The highest BCUT2D eigenvalue weighted by Crippen LogP contribution is 2.33. The topological polar surface area (TPSA) is 15.3 Å². The first-order valence-electron chi connectivity index (χ1n) is 8.22. The van der Waals surface area contributed by atoms with Gasteiger partial charge in [0.15, 0.2) is 0 Å². The van der Waals surface area contributed by atoms with E-state index in [1.165, 1.54) is 51.6 Å². The van der Waals surface area contributed by atoms with Gasteiger partial charge in [-0.2, -0.15) is 0 Å². The van der Waals surface area contributed by atoms with Crippen molar-refractivity contribution in [1.82, 2.24) is 10.2 Å². The van der Waals surface area contributed by atoms with Crippen LogP contribution in [0.2, 0.25) is 0 Å². The lowest BCUT2D eigenvalue weighted by molar-refractivity contribution is 0.135. The van der Waals surface area contributed by atoms with Gasteiger partial charge in [-0.3, -0.25) is 0 Å². The summed E-state index contributed by atoms with van der Waals surface area (Å²) in [5.41, 5.74) is 0. The van der Waals surface area contributed by atoms with Crippen molar-refractivity contribution in [2.24, 2.45) is 11.8 Å². The van der Waals surface area contributed by atoms with Crippen LogP contribution >= 0.6 is 0 Å². The van der Waals surface area contributed by atoms with Crippen LogP contribution in [0.3, 0.4) is 0 Å². The Morgan fingerprint density at radius 2 is 2.00 bits per heavy atom. The summed E-state index contributed by atoms with van der Waals surface area (Å²) in [7, 11) is 0. The van der Waals surface area contributed by atoms with Crippen molar-refractivity contribution < 1.29 is 0 Å². The van der Waals surface area contributed by atoms with E-state index in [0.29, 0.717) is 0 Å². The monoisotopic (exact) mass is 252 g/mol. The molecule has 2 rings (SSSR count). The van der Waals surface area contributed by atoms with Crippen LogP contribution in [0, 0.1) is 11.8 Å². The molecule has 0 aromatic carbocycles. The summed E-state index contributed by atoms with van der Waals surface area (Å²) >= 11 is 0. The molecule has 0 radical (unpaired) electrons. The highest BCUT2D eigenvalue weighted by Gasteiger charge is 2.32. The summed E-state index contributed by atoms with van der Waals surface area (Å²) in [5, 5.41) is 3.74. The van der Waals surface area contributed by atoms with E-state index in [1.54, 1.807) is 0 Å². The smallest absolute Gasteiger partial charge is 0.0108 e. The average Bonchev–Trinajstić information content (AvgIpc) is 2.77. The second-order valence-corrected chi connectivity index (χ2v) is 6.50. The third kappa shape index (κ3) is 3.48. The Kier molecular flexibility index (Phi) is 5.50. The molecule has 1 saturated heterocycles. The fourth-order valence-corrected chi connectivity index (χ4v) is 4.03. The molecule has 1 aliphatic carbocycles. The van der Waals surface area contributed by atoms with E-state index >= 15 is 0 Å². The van der Waals surface area contributed by atoms with Gasteiger partial charge in [0.1, 0.15) is 0 Å². The summed E-state index contributed by atoms with van der Waals surface area (Å²) in [4.78, 5) is 2.74. The zero-order chi connectivity index (χ0) is 13.0. The number of likely N-dealkylation sites (tertiary alicyclic amines) is 1. The zero-order valence-corrected chi connectivity index (χ0v) is 12.6. The number of nitrogens with one attached hydrogen (secondary N) is 1. The van der Waals surface area contributed by atoms with Gasteiger partial charge < -0.3 is 10.2 Å². The molecule has 2 nitrogen and oxygen atoms in total. The average molecular weight is 252 g/mol. The fourth-order valence-electron chi connectivity index (χ4n) is 4.03. The molecule has 18 heavy (non-hydrogen) atoms. The van der Waals surface area contributed by atoms with Crippen molar-refractivity contribution in [2.75, 3.05) is 19.6 Å². The van der Waals surface area contributed by atoms with Crippen molar-refractivity contribution in [3.63, 3.8) is 0 Å². The van der Waals surface area contributed by atoms with Crippen molar-refractivity contribution >= 4 is 0 Å². The standard InChI is InChI=1S/C16H32N2/c1-4-14-8-9-16(17-5-2)15(11-14)12-18-10-6-7-13(18)3/h13-17H,4-12H2,1-3H3. The van der Waals surface area contributed by atoms with Crippen LogP contribution in [0.15, 0.2) is 0 Å². The van der Waals surface area contributed by atoms with Gasteiger partial charge in [-0.25, -0.2) is 0 Å². The molecule has 0 aromatic rings. The minimum Gasteiger partial charge on any atom is -0.314 e. The summed E-state index contributed by atoms with van der Waals surface area (Å²) in [5.74, 6) is 1.88. The van der Waals surface area contributed by atoms with E-state index in [1.807, 2.05) is 0 Å². The Morgan fingerprint density at radius 1 is 1.17 bits per heavy atom. The maximum atomic E-state index is 3.74. The van der Waals surface area contributed by atoms with E-state index < -0.39 is 0 Å². The van der Waals surface area contributed by atoms with Crippen LogP contribution in [-0.4, -0.2) is 36.6 Å². The maximum Gasteiger partial charge on any atom is 0.0108 e. The van der Waals surface area contributed by atoms with E-state index in [9.17, 15) is 0 Å². The van der Waals surface area contributed by atoms with Crippen molar-refractivity contribution in [1.29, 1.82) is 0 Å². The van der Waals surface area contributed by atoms with Gasteiger partial charge in [0.25, 0.3) is 0 Å². The third-order valence-corrected chi connectivity index (χ3v) is 5.29. The summed E-state index contributed by atoms with van der Waals surface area (Å²) in [6.07, 6.45) is 8.51. The molecule has 2 fully saturated rings. The second-order valence-electron chi connectivity index (χ2n) is 6.50. The predicted octanol–water partition coefficient (Wildman–Crippen LogP) is 3.28. The Labute approximate surface area is 114 Å². The molecular weight excluding hydrogens is 220 g/mol. The first kappa shape index (κ1) is 14.3. The van der Waals surface area contributed by atoms with Crippen LogP contribution in [0.4, 0.5) is 0 Å². The number of rotatable bonds is 5. The molecule has 4 unspecified atom stereocenters. The van der Waals surface area contributed by atoms with Crippen molar-refractivity contribution in [2.45, 2.75) is 71.4 Å². The maximum absolute atomic E-state index is 3.74. The fraction of sp³-hybridized carbons (Fsp3) is 1.00. The van der Waals surface area contributed by atoms with Crippen LogP contribution < -0.4 is 5.32 Å². The van der Waals surface area contributed by atoms with Crippen molar-refractivity contribution in [3.05, 3.63) is 0 Å². The van der Waals surface area contributed by atoms with E-state index in [0.717, 1.165) is 30.5 Å². The van der Waals surface area contributed by atoms with Gasteiger partial charge >= 0.3 is 0 Å². The Morgan fingerprint density at radius 3 is 2.61 bits per heavy atom. The molecule has 2 aliphatic rings. The van der Waals surface area contributed by atoms with E-state index in [4.69, 9.17) is 0 Å². The van der Waals surface area contributed by atoms with Gasteiger partial charge in [0.2, 0.25) is 0 Å². The quantitative estimate of drug-likeness (QED) is 0.808. The molecule has 2 heteroatoms. The summed E-state index contributed by atoms with van der Waals surface area (Å²) < 4.78 is 0. The Hall–Kier alpha value is -0.0800. The van der Waals surface area contributed by atoms with Crippen LogP contribution in [0.5, 0.6) is 0 Å². The van der Waals surface area contributed by atoms with Gasteiger partial charge in [-0.05, 0) is 64.0 Å². The van der Waals surface area contributed by atoms with Crippen molar-refractivity contribution in [3.8, 4) is 0 Å². The Bertz CT molecular complexity index is 241. The zero-order valence-electron chi connectivity index (χ0n) is 12.6. The number of nitrogens with zero attached hydrogens (tertiary/aromatic N) is 1. The molecule has 0 aromatic heterocycles. The molecule has 0 spiro atoms. The third-order valence-electron chi connectivity index (χ3n) is 5.29. The molecule has 1 heterocycles. The predicted molar refractivity (Wildman–Crippen MR) is 78.9 cm³/mol. The van der Waals surface area contributed by atoms with Gasteiger partial charge in [-0.15, -0.1) is 0 Å². The van der Waals surface area contributed by atoms with Gasteiger partial charge in [0.05, 0.1) is 0 Å². The summed E-state index contributed by atoms with van der Waals surface area (Å²) in [6.45, 7) is 10.8. The second kappa shape index (κ2) is 6.91. The normalized spacial score (nSPS) is 38.2. The SMILES string of the molecule is CCNC1CCC(CC)CC1CN1CCCC1C. The molecule has 0 bridgehead atoms. The molecule has 1 N–H and O–H groups in total. The number of hydrogen-bond acceptors (Lipinski definition) is 2. The molecular formula is C16H32N2. The van der Waals surface area contributed by atoms with Crippen LogP contribution in [0.1, 0.15) is 59.3 Å². The summed E-state index contributed by atoms with van der Waals surface area (Å²) in [6, 6.07) is 1.61. The van der Waals surface area contributed by atoms with Gasteiger partial charge in [0, 0.05) is 18.6 Å². The molecule has 0 amide bonds. The largest absolute Gasteiger partial charge is 0.314 e. The van der Waals surface area contributed by atoms with Crippen LogP contribution in [-0.2, 0) is 0 Å². The number of hydrogen-bond donors (Lipinski definition) is 1. The first-order chi connectivity index (χ1) is 8.74. The molecule has 1 saturated carbocycles. The highest BCUT2D eigenvalue weighted by atomic mass is 15.2. The molecule has 106 valence electrons. The van der Waals surface area contributed by atoms with Crippen LogP contribution in [0.25, 0.3) is 0 Å². The van der Waals surface area contributed by atoms with E-state index in [-0.39, 0.29) is 0 Å².